The lowest BCUT2D eigenvalue weighted by Crippen LogP contribution is -2.45. The van der Waals surface area contributed by atoms with Gasteiger partial charge in [0, 0.05) is 17.8 Å². The van der Waals surface area contributed by atoms with E-state index in [1.54, 1.807) is 32.2 Å². The van der Waals surface area contributed by atoms with Gasteiger partial charge < -0.3 is 30.2 Å². The second-order valence-electron chi connectivity index (χ2n) is 7.81. The molecule has 1 fully saturated rings. The molecule has 0 spiro atoms. The van der Waals surface area contributed by atoms with Crippen LogP contribution in [0.1, 0.15) is 23.9 Å². The third kappa shape index (κ3) is 3.85. The normalized spacial score (nSPS) is 19.3. The molecule has 32 heavy (non-hydrogen) atoms. The number of ether oxygens (including phenoxy) is 2. The molecule has 2 atom stereocenters. The first-order chi connectivity index (χ1) is 15.4. The Morgan fingerprint density at radius 1 is 1.31 bits per heavy atom. The third-order valence-electron chi connectivity index (χ3n) is 5.18. The molecule has 164 valence electrons. The maximum atomic E-state index is 10.7. The van der Waals surface area contributed by atoms with E-state index in [1.807, 2.05) is 23.1 Å². The van der Waals surface area contributed by atoms with Crippen molar-refractivity contribution in [1.82, 2.24) is 15.1 Å². The van der Waals surface area contributed by atoms with Crippen molar-refractivity contribution in [1.29, 1.82) is 0 Å². The predicted octanol–water partition coefficient (Wildman–Crippen LogP) is 1.88. The highest BCUT2D eigenvalue weighted by molar-refractivity contribution is 5.82. The number of nitrogens with two attached hydrogens (primary N) is 1. The minimum absolute atomic E-state index is 0.0104. The van der Waals surface area contributed by atoms with Crippen molar-refractivity contribution in [3.05, 3.63) is 53.5 Å². The molecule has 1 unspecified atom stereocenters. The fourth-order valence-electron chi connectivity index (χ4n) is 3.42. The number of nitrogens with one attached hydrogen (secondary N) is 1. The number of aromatic nitrogens is 3. The number of aliphatic hydroxyl groups is 1. The van der Waals surface area contributed by atoms with Gasteiger partial charge in [0.25, 0.3) is 0 Å². The number of benzene rings is 1. The van der Waals surface area contributed by atoms with Crippen molar-refractivity contribution in [3.63, 3.8) is 0 Å². The molecule has 2 aromatic heterocycles. The summed E-state index contributed by atoms with van der Waals surface area (Å²) >= 11 is 0. The highest BCUT2D eigenvalue weighted by atomic mass is 16.6. The van der Waals surface area contributed by atoms with Crippen LogP contribution >= 0.6 is 0 Å². The molecule has 10 heteroatoms. The number of aryl methyl sites for hydroxylation is 1. The Kier molecular flexibility index (Phi) is 4.94. The molecular formula is C22H22N6O4. The zero-order valence-electron chi connectivity index (χ0n) is 17.6. The monoisotopic (exact) mass is 434 g/mol. The molecule has 3 aromatic rings. The van der Waals surface area contributed by atoms with Gasteiger partial charge in [0.15, 0.2) is 5.60 Å². The first kappa shape index (κ1) is 20.3. The number of hydrogen-bond donors (Lipinski definition) is 3. The summed E-state index contributed by atoms with van der Waals surface area (Å²) in [4.78, 5) is 10.2. The Hall–Kier alpha value is -3.65. The lowest BCUT2D eigenvalue weighted by Gasteiger charge is -2.33. The number of rotatable bonds is 4. The van der Waals surface area contributed by atoms with E-state index in [-0.39, 0.29) is 12.1 Å². The maximum absolute atomic E-state index is 10.7. The summed E-state index contributed by atoms with van der Waals surface area (Å²) in [5.74, 6) is 7.26. The van der Waals surface area contributed by atoms with Gasteiger partial charge in [-0.3, -0.25) is 4.90 Å². The summed E-state index contributed by atoms with van der Waals surface area (Å²) in [6.07, 6.45) is 1.10. The van der Waals surface area contributed by atoms with Gasteiger partial charge in [-0.1, -0.05) is 17.0 Å². The van der Waals surface area contributed by atoms with Gasteiger partial charge >= 0.3 is 0 Å². The van der Waals surface area contributed by atoms with Crippen molar-refractivity contribution in [2.75, 3.05) is 29.2 Å². The van der Waals surface area contributed by atoms with Gasteiger partial charge in [-0.2, -0.15) is 4.98 Å². The largest absolute Gasteiger partial charge is 0.376 e. The lowest BCUT2D eigenvalue weighted by molar-refractivity contribution is -0.146. The van der Waals surface area contributed by atoms with Gasteiger partial charge in [-0.15, -0.1) is 0 Å². The molecule has 1 aromatic carbocycles. The smallest absolute Gasteiger partial charge is 0.221 e. The topological polar surface area (TPSA) is 132 Å². The molecule has 0 saturated carbocycles. The van der Waals surface area contributed by atoms with Crippen LogP contribution in [0.25, 0.3) is 0 Å². The molecule has 0 bridgehead atoms. The first-order valence-electron chi connectivity index (χ1n) is 10.1. The molecule has 10 nitrogen and oxygen atoms in total. The summed E-state index contributed by atoms with van der Waals surface area (Å²) in [6.45, 7) is 4.42. The van der Waals surface area contributed by atoms with E-state index >= 15 is 0 Å². The van der Waals surface area contributed by atoms with Crippen molar-refractivity contribution in [3.8, 4) is 11.8 Å². The van der Waals surface area contributed by atoms with Crippen molar-refractivity contribution in [2.45, 2.75) is 31.9 Å². The van der Waals surface area contributed by atoms with E-state index in [9.17, 15) is 5.11 Å². The molecule has 4 heterocycles. The van der Waals surface area contributed by atoms with E-state index in [4.69, 9.17) is 19.7 Å². The average molecular weight is 434 g/mol. The van der Waals surface area contributed by atoms with E-state index < -0.39 is 12.0 Å². The number of fused-ring (bicyclic) bond motifs is 1. The third-order valence-corrected chi connectivity index (χ3v) is 5.18. The van der Waals surface area contributed by atoms with E-state index in [0.29, 0.717) is 36.0 Å². The maximum Gasteiger partial charge on any atom is 0.221 e. The molecule has 1 saturated heterocycles. The van der Waals surface area contributed by atoms with Gasteiger partial charge in [-0.05, 0) is 38.1 Å². The summed E-state index contributed by atoms with van der Waals surface area (Å²) < 4.78 is 16.4. The highest BCUT2D eigenvalue weighted by Gasteiger charge is 2.35. The van der Waals surface area contributed by atoms with Gasteiger partial charge in [0.1, 0.15) is 23.4 Å². The Labute approximate surface area is 184 Å². The molecule has 0 aliphatic carbocycles. The number of nitrogen functional groups attached to an aromatic ring is 1. The van der Waals surface area contributed by atoms with E-state index in [1.165, 1.54) is 0 Å². The Morgan fingerprint density at radius 2 is 2.16 bits per heavy atom. The Balaban J connectivity index is 1.48. The van der Waals surface area contributed by atoms with Crippen LogP contribution < -0.4 is 16.0 Å². The minimum atomic E-state index is -1.45. The fraction of sp³-hybridized carbons (Fsp3) is 0.318. The second-order valence-corrected chi connectivity index (χ2v) is 7.81. The molecule has 2 aliphatic rings. The quantitative estimate of drug-likeness (QED) is 0.523. The zero-order chi connectivity index (χ0) is 22.3. The standard InChI is InChI=1S/C22H22N6O4/c1-13-9-18(27-32-13)22(2,29)7-5-14-3-4-16-17(10-14)28(19-6-8-24-20(23)26-19)21(25-16)31-15-11-30-12-15/h3-4,6,8-10,15,21,25,29H,11-12H2,1-2H3,(H2,23,24,26)/t21?,22-/m1/s1. The Bertz CT molecular complexity index is 1210. The van der Waals surface area contributed by atoms with Gasteiger partial charge in [0.2, 0.25) is 12.3 Å². The van der Waals surface area contributed by atoms with Crippen LogP contribution in [0.3, 0.4) is 0 Å². The minimum Gasteiger partial charge on any atom is -0.376 e. The van der Waals surface area contributed by atoms with Crippen LogP contribution in [0.4, 0.5) is 23.1 Å². The van der Waals surface area contributed by atoms with Crippen molar-refractivity contribution < 1.29 is 19.1 Å². The average Bonchev–Trinajstić information content (AvgIpc) is 3.32. The fourth-order valence-corrected chi connectivity index (χ4v) is 3.42. The van der Waals surface area contributed by atoms with Gasteiger partial charge in [0.05, 0.1) is 24.6 Å². The van der Waals surface area contributed by atoms with E-state index in [2.05, 4.69) is 32.3 Å². The molecule has 0 amide bonds. The van der Waals surface area contributed by atoms with Crippen molar-refractivity contribution >= 4 is 23.1 Å². The van der Waals surface area contributed by atoms with Gasteiger partial charge in [-0.25, -0.2) is 4.98 Å². The van der Waals surface area contributed by atoms with Crippen LogP contribution in [0, 0.1) is 18.8 Å². The predicted molar refractivity (Wildman–Crippen MR) is 116 cm³/mol. The SMILES string of the molecule is Cc1cc([C@](C)(O)C#Cc2ccc3c(c2)N(c2ccnc(N)n2)C(OC2COC2)N3)no1. The Morgan fingerprint density at radius 3 is 2.84 bits per heavy atom. The second kappa shape index (κ2) is 7.80. The highest BCUT2D eigenvalue weighted by Crippen LogP contribution is 2.40. The molecule has 4 N–H and O–H groups in total. The molecular weight excluding hydrogens is 412 g/mol. The molecule has 2 aliphatic heterocycles. The van der Waals surface area contributed by atoms with Crippen LogP contribution in [-0.2, 0) is 15.1 Å². The van der Waals surface area contributed by atoms with Crippen molar-refractivity contribution in [2.24, 2.45) is 0 Å². The number of nitrogens with zero attached hydrogens (tertiary/aromatic N) is 4. The zero-order valence-corrected chi connectivity index (χ0v) is 17.6. The first-order valence-corrected chi connectivity index (χ1v) is 10.1. The van der Waals surface area contributed by atoms with E-state index in [0.717, 1.165) is 11.4 Å². The summed E-state index contributed by atoms with van der Waals surface area (Å²) in [7, 11) is 0. The van der Waals surface area contributed by atoms with Crippen LogP contribution in [0.2, 0.25) is 0 Å². The van der Waals surface area contributed by atoms with Crippen LogP contribution in [0.5, 0.6) is 0 Å². The summed E-state index contributed by atoms with van der Waals surface area (Å²) in [6, 6.07) is 9.10. The number of hydrogen-bond acceptors (Lipinski definition) is 10. The van der Waals surface area contributed by atoms with Crippen LogP contribution in [-0.4, -0.2) is 45.9 Å². The summed E-state index contributed by atoms with van der Waals surface area (Å²) in [5.41, 5.74) is 7.10. The lowest BCUT2D eigenvalue weighted by atomic mass is 10.0. The van der Waals surface area contributed by atoms with Crippen LogP contribution in [0.15, 0.2) is 41.1 Å². The number of anilines is 4. The molecule has 5 rings (SSSR count). The molecule has 0 radical (unpaired) electrons. The summed E-state index contributed by atoms with van der Waals surface area (Å²) in [5, 5.41) is 17.9.